The second-order valence-electron chi connectivity index (χ2n) is 8.21. The third kappa shape index (κ3) is 6.08. The van der Waals surface area contributed by atoms with Crippen LogP contribution in [0.4, 0.5) is 4.79 Å². The van der Waals surface area contributed by atoms with E-state index in [1.807, 2.05) is 23.1 Å². The zero-order valence-corrected chi connectivity index (χ0v) is 19.4. The van der Waals surface area contributed by atoms with Crippen molar-refractivity contribution in [2.24, 2.45) is 0 Å². The van der Waals surface area contributed by atoms with E-state index in [0.717, 1.165) is 24.0 Å². The third-order valence-corrected chi connectivity index (χ3v) is 6.16. The Morgan fingerprint density at radius 2 is 1.72 bits per heavy atom. The van der Waals surface area contributed by atoms with Crippen LogP contribution in [0.1, 0.15) is 50.5 Å². The number of hydrogen-bond acceptors (Lipinski definition) is 5. The third-order valence-electron chi connectivity index (χ3n) is 6.16. The number of methoxy groups -OCH3 is 3. The number of ether oxygens (including phenoxy) is 3. The lowest BCUT2D eigenvalue weighted by Crippen LogP contribution is -2.44. The Bertz CT molecular complexity index is 808. The van der Waals surface area contributed by atoms with Gasteiger partial charge in [0.1, 0.15) is 17.2 Å². The summed E-state index contributed by atoms with van der Waals surface area (Å²) >= 11 is 0. The first-order valence-corrected chi connectivity index (χ1v) is 11.4. The number of nitrogens with one attached hydrogen (secondary N) is 2. The lowest BCUT2D eigenvalue weighted by atomic mass is 9.96. The molecule has 2 N–H and O–H groups in total. The standard InChI is InChI=1S/C24H35N3O5/c1-30-19-15-20(31-2)23(21(16-19)32-3)17-10-13-27(14-11-17)22(28)9-12-25-24(29)26-18-7-5-4-6-8-18/h10,15-16,18H,4-9,11-14H2,1-3H3,(H2,25,26,29). The Morgan fingerprint density at radius 1 is 1.03 bits per heavy atom. The smallest absolute Gasteiger partial charge is 0.315 e. The van der Waals surface area contributed by atoms with E-state index in [9.17, 15) is 9.59 Å². The van der Waals surface area contributed by atoms with Crippen LogP contribution < -0.4 is 24.8 Å². The minimum Gasteiger partial charge on any atom is -0.496 e. The molecule has 1 aliphatic heterocycles. The second-order valence-corrected chi connectivity index (χ2v) is 8.21. The topological polar surface area (TPSA) is 89.1 Å². The summed E-state index contributed by atoms with van der Waals surface area (Å²) in [4.78, 5) is 26.5. The molecule has 1 fully saturated rings. The van der Waals surface area contributed by atoms with Gasteiger partial charge in [-0.25, -0.2) is 4.79 Å². The maximum Gasteiger partial charge on any atom is 0.315 e. The average molecular weight is 446 g/mol. The molecule has 1 heterocycles. The molecule has 2 aliphatic rings. The highest BCUT2D eigenvalue weighted by Crippen LogP contribution is 2.40. The van der Waals surface area contributed by atoms with Crippen molar-refractivity contribution in [2.45, 2.75) is 51.0 Å². The number of carbonyl (C=O) groups is 2. The largest absolute Gasteiger partial charge is 0.496 e. The van der Waals surface area contributed by atoms with Gasteiger partial charge in [-0.05, 0) is 24.8 Å². The zero-order valence-electron chi connectivity index (χ0n) is 19.4. The Morgan fingerprint density at radius 3 is 2.28 bits per heavy atom. The number of carbonyl (C=O) groups excluding carboxylic acids is 2. The van der Waals surface area contributed by atoms with Crippen LogP contribution in [0.5, 0.6) is 17.2 Å². The van der Waals surface area contributed by atoms with Gasteiger partial charge in [0, 0.05) is 44.2 Å². The molecule has 1 aromatic carbocycles. The Balaban J connectivity index is 1.51. The summed E-state index contributed by atoms with van der Waals surface area (Å²) in [5, 5.41) is 5.83. The van der Waals surface area contributed by atoms with Gasteiger partial charge in [0.05, 0.1) is 26.9 Å². The molecule has 0 atom stereocenters. The van der Waals surface area contributed by atoms with Crippen LogP contribution in [0, 0.1) is 0 Å². The van der Waals surface area contributed by atoms with Crippen LogP contribution in [-0.2, 0) is 4.79 Å². The number of amides is 3. The lowest BCUT2D eigenvalue weighted by Gasteiger charge is -2.28. The molecule has 1 aromatic rings. The minimum absolute atomic E-state index is 0.0342. The molecular weight excluding hydrogens is 410 g/mol. The van der Waals surface area contributed by atoms with Gasteiger partial charge in [0.25, 0.3) is 0 Å². The summed E-state index contributed by atoms with van der Waals surface area (Å²) in [7, 11) is 4.84. The molecule has 1 aliphatic carbocycles. The fraction of sp³-hybridized carbons (Fsp3) is 0.583. The van der Waals surface area contributed by atoms with Crippen LogP contribution in [-0.4, -0.2) is 63.8 Å². The molecule has 8 heteroatoms. The number of benzene rings is 1. The van der Waals surface area contributed by atoms with Crippen LogP contribution in [0.25, 0.3) is 5.57 Å². The first-order chi connectivity index (χ1) is 15.5. The molecule has 32 heavy (non-hydrogen) atoms. The number of nitrogens with zero attached hydrogens (tertiary/aromatic N) is 1. The maximum absolute atomic E-state index is 12.6. The Labute approximate surface area is 190 Å². The monoisotopic (exact) mass is 445 g/mol. The molecule has 0 spiro atoms. The van der Waals surface area contributed by atoms with Crippen molar-refractivity contribution in [3.8, 4) is 17.2 Å². The number of hydrogen-bond donors (Lipinski definition) is 2. The van der Waals surface area contributed by atoms with E-state index in [-0.39, 0.29) is 24.4 Å². The lowest BCUT2D eigenvalue weighted by molar-refractivity contribution is -0.130. The van der Waals surface area contributed by atoms with Crippen molar-refractivity contribution in [1.29, 1.82) is 0 Å². The van der Waals surface area contributed by atoms with Gasteiger partial charge < -0.3 is 29.7 Å². The van der Waals surface area contributed by atoms with E-state index in [4.69, 9.17) is 14.2 Å². The van der Waals surface area contributed by atoms with Gasteiger partial charge in [-0.1, -0.05) is 25.3 Å². The molecule has 0 bridgehead atoms. The van der Waals surface area contributed by atoms with Crippen LogP contribution in [0.3, 0.4) is 0 Å². The molecule has 176 valence electrons. The molecule has 1 saturated carbocycles. The summed E-state index contributed by atoms with van der Waals surface area (Å²) in [5.74, 6) is 2.06. The quantitative estimate of drug-likeness (QED) is 0.641. The fourth-order valence-corrected chi connectivity index (χ4v) is 4.37. The fourth-order valence-electron chi connectivity index (χ4n) is 4.37. The highest BCUT2D eigenvalue weighted by molar-refractivity contribution is 5.81. The maximum atomic E-state index is 12.6. The molecule has 0 unspecified atom stereocenters. The van der Waals surface area contributed by atoms with E-state index >= 15 is 0 Å². The van der Waals surface area contributed by atoms with Gasteiger partial charge in [0.2, 0.25) is 5.91 Å². The van der Waals surface area contributed by atoms with Crippen LogP contribution in [0.2, 0.25) is 0 Å². The molecule has 0 saturated heterocycles. The minimum atomic E-state index is -0.177. The predicted octanol–water partition coefficient (Wildman–Crippen LogP) is 3.35. The molecule has 0 aromatic heterocycles. The number of urea groups is 1. The highest BCUT2D eigenvalue weighted by atomic mass is 16.5. The summed E-state index contributed by atoms with van der Waals surface area (Å²) < 4.78 is 16.4. The van der Waals surface area contributed by atoms with Gasteiger partial charge in [-0.15, -0.1) is 0 Å². The first-order valence-electron chi connectivity index (χ1n) is 11.4. The van der Waals surface area contributed by atoms with E-state index in [1.54, 1.807) is 21.3 Å². The van der Waals surface area contributed by atoms with Crippen LogP contribution in [0.15, 0.2) is 18.2 Å². The highest BCUT2D eigenvalue weighted by Gasteiger charge is 2.23. The van der Waals surface area contributed by atoms with Gasteiger partial charge in [-0.2, -0.15) is 0 Å². The van der Waals surface area contributed by atoms with E-state index < -0.39 is 0 Å². The molecule has 0 radical (unpaired) electrons. The van der Waals surface area contributed by atoms with Crippen molar-refractivity contribution in [3.63, 3.8) is 0 Å². The van der Waals surface area contributed by atoms with Gasteiger partial charge >= 0.3 is 6.03 Å². The normalized spacial score (nSPS) is 16.7. The van der Waals surface area contributed by atoms with E-state index in [0.29, 0.717) is 43.3 Å². The van der Waals surface area contributed by atoms with Crippen molar-refractivity contribution in [3.05, 3.63) is 23.8 Å². The SMILES string of the molecule is COc1cc(OC)c(C2=CCN(C(=O)CCNC(=O)NC3CCCCC3)CC2)c(OC)c1. The number of rotatable bonds is 8. The second kappa shape index (κ2) is 11.6. The first kappa shape index (κ1) is 23.8. The van der Waals surface area contributed by atoms with Crippen LogP contribution >= 0.6 is 0 Å². The summed E-state index contributed by atoms with van der Waals surface area (Å²) in [6.45, 7) is 1.46. The van der Waals surface area contributed by atoms with Crippen molar-refractivity contribution in [1.82, 2.24) is 15.5 Å². The zero-order chi connectivity index (χ0) is 22.9. The van der Waals surface area contributed by atoms with Crippen molar-refractivity contribution in [2.75, 3.05) is 41.0 Å². The van der Waals surface area contributed by atoms with Crippen molar-refractivity contribution < 1.29 is 23.8 Å². The predicted molar refractivity (Wildman–Crippen MR) is 123 cm³/mol. The van der Waals surface area contributed by atoms with Crippen molar-refractivity contribution >= 4 is 17.5 Å². The molecule has 3 amide bonds. The van der Waals surface area contributed by atoms with E-state index in [2.05, 4.69) is 10.6 Å². The van der Waals surface area contributed by atoms with Gasteiger partial charge in [0.15, 0.2) is 0 Å². The summed E-state index contributed by atoms with van der Waals surface area (Å²) in [6, 6.07) is 3.75. The van der Waals surface area contributed by atoms with E-state index in [1.165, 1.54) is 19.3 Å². The molecule has 8 nitrogen and oxygen atoms in total. The Hall–Kier alpha value is -2.90. The summed E-state index contributed by atoms with van der Waals surface area (Å²) in [6.07, 6.45) is 8.69. The summed E-state index contributed by atoms with van der Waals surface area (Å²) in [5.41, 5.74) is 1.97. The van der Waals surface area contributed by atoms with Gasteiger partial charge in [-0.3, -0.25) is 4.79 Å². The molecular formula is C24H35N3O5. The average Bonchev–Trinajstić information content (AvgIpc) is 2.83. The Kier molecular flexibility index (Phi) is 8.64. The molecule has 3 rings (SSSR count).